The fourth-order valence-electron chi connectivity index (χ4n) is 0.750. The Morgan fingerprint density at radius 2 is 2.50 bits per heavy atom. The Hall–Kier alpha value is -0.570. The number of nitrogens with zero attached hydrogens (tertiary/aromatic N) is 3. The molecule has 1 aromatic rings. The number of aromatic nitrogens is 3. The Bertz CT molecular complexity index is 197. The highest BCUT2D eigenvalue weighted by Gasteiger charge is 1.95. The summed E-state index contributed by atoms with van der Waals surface area (Å²) in [4.78, 5) is 1.56. The third-order valence-electron chi connectivity index (χ3n) is 1.21. The van der Waals surface area contributed by atoms with Crippen LogP contribution in [0.3, 0.4) is 0 Å². The number of alkyl halides is 1. The zero-order valence-corrected chi connectivity index (χ0v) is 6.67. The van der Waals surface area contributed by atoms with Crippen LogP contribution in [0, 0.1) is 0 Å². The predicted octanol–water partition coefficient (Wildman–Crippen LogP) is 0.986. The lowest BCUT2D eigenvalue weighted by Gasteiger charge is -1.88. The van der Waals surface area contributed by atoms with E-state index in [-0.39, 0.29) is 0 Å². The zero-order valence-electron chi connectivity index (χ0n) is 5.92. The van der Waals surface area contributed by atoms with Crippen molar-refractivity contribution in [3.05, 3.63) is 11.9 Å². The van der Waals surface area contributed by atoms with Crippen LogP contribution in [0.15, 0.2) is 6.20 Å². The van der Waals surface area contributed by atoms with E-state index in [0.29, 0.717) is 5.88 Å². The Balaban J connectivity index is 2.42. The number of hydrogen-bond acceptors (Lipinski definition) is 2. The van der Waals surface area contributed by atoms with Gasteiger partial charge in [0.25, 0.3) is 0 Å². The van der Waals surface area contributed by atoms with Crippen molar-refractivity contribution in [3.63, 3.8) is 0 Å². The van der Waals surface area contributed by atoms with Crippen LogP contribution >= 0.6 is 11.6 Å². The van der Waals surface area contributed by atoms with Crippen molar-refractivity contribution in [3.8, 4) is 0 Å². The molecule has 0 spiro atoms. The summed E-state index contributed by atoms with van der Waals surface area (Å²) in [5, 5.41) is 8.03. The average molecular weight is 160 g/mol. The number of rotatable bonds is 3. The van der Waals surface area contributed by atoms with Crippen LogP contribution < -0.4 is 0 Å². The molecule has 0 atom stereocenters. The molecule has 0 unspecified atom stereocenters. The molecule has 0 aliphatic carbocycles. The summed E-state index contributed by atoms with van der Waals surface area (Å²) in [6, 6.07) is 0. The van der Waals surface area contributed by atoms with Crippen molar-refractivity contribution in [2.24, 2.45) is 7.05 Å². The highest BCUT2D eigenvalue weighted by molar-refractivity contribution is 6.17. The molecule has 0 fully saturated rings. The lowest BCUT2D eigenvalue weighted by Crippen LogP contribution is -1.93. The number of halogens is 1. The van der Waals surface area contributed by atoms with E-state index >= 15 is 0 Å². The third-order valence-corrected chi connectivity index (χ3v) is 1.48. The monoisotopic (exact) mass is 159 g/mol. The van der Waals surface area contributed by atoms with Crippen molar-refractivity contribution < 1.29 is 0 Å². The summed E-state index contributed by atoms with van der Waals surface area (Å²) < 4.78 is 0. The topological polar surface area (TPSA) is 30.7 Å². The predicted molar refractivity (Wildman–Crippen MR) is 40.0 cm³/mol. The van der Waals surface area contributed by atoms with Gasteiger partial charge >= 0.3 is 0 Å². The van der Waals surface area contributed by atoms with Crippen LogP contribution in [0.2, 0.25) is 0 Å². The van der Waals surface area contributed by atoms with Crippen LogP contribution in [0.25, 0.3) is 0 Å². The van der Waals surface area contributed by atoms with Gasteiger partial charge in [-0.1, -0.05) is 0 Å². The van der Waals surface area contributed by atoms with Gasteiger partial charge in [0.05, 0.1) is 11.9 Å². The van der Waals surface area contributed by atoms with E-state index < -0.39 is 0 Å². The highest BCUT2D eigenvalue weighted by Crippen LogP contribution is 1.96. The summed E-state index contributed by atoms with van der Waals surface area (Å²) in [6.07, 6.45) is 3.67. The van der Waals surface area contributed by atoms with Crippen molar-refractivity contribution in [2.45, 2.75) is 12.8 Å². The van der Waals surface area contributed by atoms with Gasteiger partial charge < -0.3 is 0 Å². The number of hydrogen-bond donors (Lipinski definition) is 0. The molecule has 0 amide bonds. The molecule has 56 valence electrons. The van der Waals surface area contributed by atoms with Crippen LogP contribution in [0.5, 0.6) is 0 Å². The highest BCUT2D eigenvalue weighted by atomic mass is 35.5. The van der Waals surface area contributed by atoms with Gasteiger partial charge in [-0.05, 0) is 12.8 Å². The van der Waals surface area contributed by atoms with E-state index in [1.54, 1.807) is 11.0 Å². The maximum absolute atomic E-state index is 5.50. The van der Waals surface area contributed by atoms with Crippen molar-refractivity contribution in [1.82, 2.24) is 15.0 Å². The molecule has 4 heteroatoms. The molecule has 0 aliphatic heterocycles. The van der Waals surface area contributed by atoms with Gasteiger partial charge in [-0.15, -0.1) is 11.6 Å². The maximum atomic E-state index is 5.50. The van der Waals surface area contributed by atoms with Gasteiger partial charge in [0.1, 0.15) is 0 Å². The van der Waals surface area contributed by atoms with Gasteiger partial charge in [0.15, 0.2) is 0 Å². The summed E-state index contributed by atoms with van der Waals surface area (Å²) in [5.41, 5.74) is 1.02. The largest absolute Gasteiger partial charge is 0.188 e. The minimum atomic E-state index is 0.691. The van der Waals surface area contributed by atoms with E-state index in [4.69, 9.17) is 11.6 Å². The Morgan fingerprint density at radius 1 is 1.70 bits per heavy atom. The summed E-state index contributed by atoms with van der Waals surface area (Å²) in [7, 11) is 1.81. The van der Waals surface area contributed by atoms with Crippen molar-refractivity contribution in [2.75, 3.05) is 5.88 Å². The first kappa shape index (κ1) is 7.54. The molecule has 0 saturated heterocycles. The lowest BCUT2D eigenvalue weighted by atomic mass is 10.3. The molecule has 0 saturated carbocycles. The average Bonchev–Trinajstić information content (AvgIpc) is 2.31. The Morgan fingerprint density at radius 3 is 3.00 bits per heavy atom. The second-order valence-corrected chi connectivity index (χ2v) is 2.50. The van der Waals surface area contributed by atoms with Gasteiger partial charge in [0.2, 0.25) is 0 Å². The van der Waals surface area contributed by atoms with Crippen LogP contribution in [-0.2, 0) is 13.5 Å². The fraction of sp³-hybridized carbons (Fsp3) is 0.667. The van der Waals surface area contributed by atoms with Gasteiger partial charge in [-0.2, -0.15) is 15.0 Å². The quantitative estimate of drug-likeness (QED) is 0.616. The van der Waals surface area contributed by atoms with E-state index in [1.165, 1.54) is 0 Å². The lowest BCUT2D eigenvalue weighted by molar-refractivity contribution is 0.643. The molecular formula is C6H10ClN3. The zero-order chi connectivity index (χ0) is 7.40. The summed E-state index contributed by atoms with van der Waals surface area (Å²) >= 11 is 5.50. The SMILES string of the molecule is Cn1ncc(CCCCl)n1. The molecule has 10 heavy (non-hydrogen) atoms. The van der Waals surface area contributed by atoms with E-state index in [0.717, 1.165) is 18.5 Å². The Labute approximate surface area is 65.0 Å². The van der Waals surface area contributed by atoms with E-state index in [9.17, 15) is 0 Å². The first-order valence-electron chi connectivity index (χ1n) is 3.24. The Kier molecular flexibility index (Phi) is 2.68. The fourth-order valence-corrected chi connectivity index (χ4v) is 0.884. The summed E-state index contributed by atoms with van der Waals surface area (Å²) in [5.74, 6) is 0.691. The van der Waals surface area contributed by atoms with Crippen LogP contribution in [0.4, 0.5) is 0 Å². The molecule has 0 radical (unpaired) electrons. The molecule has 0 aliphatic rings. The third kappa shape index (κ3) is 1.99. The molecule has 0 aromatic carbocycles. The van der Waals surface area contributed by atoms with Crippen LogP contribution in [0.1, 0.15) is 12.1 Å². The smallest absolute Gasteiger partial charge is 0.0827 e. The summed E-state index contributed by atoms with van der Waals surface area (Å²) in [6.45, 7) is 0. The molecule has 1 aromatic heterocycles. The molecule has 3 nitrogen and oxygen atoms in total. The van der Waals surface area contributed by atoms with Gasteiger partial charge in [0, 0.05) is 12.9 Å². The first-order valence-corrected chi connectivity index (χ1v) is 3.77. The molecule has 1 heterocycles. The first-order chi connectivity index (χ1) is 4.83. The molecular weight excluding hydrogens is 150 g/mol. The van der Waals surface area contributed by atoms with Gasteiger partial charge in [-0.3, -0.25) is 0 Å². The minimum Gasteiger partial charge on any atom is -0.188 e. The van der Waals surface area contributed by atoms with E-state index in [2.05, 4.69) is 10.2 Å². The standard InChI is InChI=1S/C6H10ClN3/c1-10-8-5-6(9-10)3-2-4-7/h5H,2-4H2,1H3. The molecule has 0 bridgehead atoms. The normalized spacial score (nSPS) is 10.2. The second-order valence-electron chi connectivity index (χ2n) is 2.12. The van der Waals surface area contributed by atoms with Crippen molar-refractivity contribution >= 4 is 11.6 Å². The van der Waals surface area contributed by atoms with Crippen LogP contribution in [-0.4, -0.2) is 20.9 Å². The van der Waals surface area contributed by atoms with Gasteiger partial charge in [-0.25, -0.2) is 0 Å². The van der Waals surface area contributed by atoms with E-state index in [1.807, 2.05) is 7.05 Å². The second kappa shape index (κ2) is 3.56. The minimum absolute atomic E-state index is 0.691. The number of aryl methyl sites for hydroxylation is 2. The maximum Gasteiger partial charge on any atom is 0.0827 e. The molecule has 1 rings (SSSR count). The molecule has 0 N–H and O–H groups in total. The van der Waals surface area contributed by atoms with Crippen molar-refractivity contribution in [1.29, 1.82) is 0 Å².